The molecule has 13 rings (SSSR count). The van der Waals surface area contributed by atoms with E-state index in [4.69, 9.17) is 4.42 Å². The van der Waals surface area contributed by atoms with E-state index in [0.717, 1.165) is 61.3 Å². The van der Waals surface area contributed by atoms with E-state index >= 15 is 0 Å². The van der Waals surface area contributed by atoms with Gasteiger partial charge in [-0.2, -0.15) is 0 Å². The van der Waals surface area contributed by atoms with Crippen molar-refractivity contribution in [1.82, 2.24) is 9.13 Å². The Morgan fingerprint density at radius 2 is 0.871 bits per heavy atom. The standard InChI is InChI=1S/C58H37N3O/c1-2-13-42(14-3-1)60-52-20-8-6-17-48(52)49-34-29-41(37-56(49)60)38-25-30-43(31-26-38)59(55-23-12-19-51-50-18-7-11-24-57(50)62-58(51)55)44-32-27-40-36-45(33-28-39(40)35-44)61-53-21-9-4-15-46(53)47-16-5-10-22-54(47)61/h1-37H. The Bertz CT molecular complexity index is 3820. The van der Waals surface area contributed by atoms with Crippen molar-refractivity contribution in [3.05, 3.63) is 224 Å². The number of hydrogen-bond donors (Lipinski definition) is 0. The lowest BCUT2D eigenvalue weighted by molar-refractivity contribution is 0.669. The van der Waals surface area contributed by atoms with Gasteiger partial charge in [-0.1, -0.05) is 140 Å². The summed E-state index contributed by atoms with van der Waals surface area (Å²) in [6.07, 6.45) is 0. The minimum atomic E-state index is 0.860. The first-order valence-electron chi connectivity index (χ1n) is 21.2. The maximum Gasteiger partial charge on any atom is 0.159 e. The fourth-order valence-electron chi connectivity index (χ4n) is 9.84. The highest BCUT2D eigenvalue weighted by atomic mass is 16.3. The van der Waals surface area contributed by atoms with E-state index in [1.165, 1.54) is 54.6 Å². The van der Waals surface area contributed by atoms with Crippen LogP contribution in [-0.4, -0.2) is 9.13 Å². The maximum absolute atomic E-state index is 6.68. The maximum atomic E-state index is 6.68. The molecule has 4 nitrogen and oxygen atoms in total. The molecule has 0 aliphatic carbocycles. The molecule has 13 aromatic rings. The number of furan rings is 1. The van der Waals surface area contributed by atoms with Crippen molar-refractivity contribution >= 4 is 93.4 Å². The van der Waals surface area contributed by atoms with Gasteiger partial charge in [-0.3, -0.25) is 0 Å². The molecule has 0 unspecified atom stereocenters. The first-order chi connectivity index (χ1) is 30.7. The predicted octanol–water partition coefficient (Wildman–Crippen LogP) is 16.1. The van der Waals surface area contributed by atoms with Crippen LogP contribution in [0.15, 0.2) is 229 Å². The summed E-state index contributed by atoms with van der Waals surface area (Å²) in [5.41, 5.74) is 14.2. The molecule has 10 aromatic carbocycles. The van der Waals surface area contributed by atoms with Gasteiger partial charge in [0.1, 0.15) is 5.58 Å². The number of hydrogen-bond acceptors (Lipinski definition) is 2. The van der Waals surface area contributed by atoms with Crippen LogP contribution in [0.2, 0.25) is 0 Å². The summed E-state index contributed by atoms with van der Waals surface area (Å²) in [5.74, 6) is 0. The van der Waals surface area contributed by atoms with E-state index in [1.54, 1.807) is 0 Å². The zero-order valence-corrected chi connectivity index (χ0v) is 33.6. The van der Waals surface area contributed by atoms with E-state index < -0.39 is 0 Å². The Hall–Kier alpha value is -8.34. The third-order valence-corrected chi connectivity index (χ3v) is 12.7. The molecule has 0 bridgehead atoms. The Kier molecular flexibility index (Phi) is 7.57. The van der Waals surface area contributed by atoms with Crippen molar-refractivity contribution in [3.63, 3.8) is 0 Å². The summed E-state index contributed by atoms with van der Waals surface area (Å²) in [6, 6.07) is 80.9. The number of nitrogens with zero attached hydrogens (tertiary/aromatic N) is 3. The lowest BCUT2D eigenvalue weighted by atomic mass is 10.0. The number of anilines is 3. The molecule has 3 heterocycles. The second kappa shape index (κ2) is 13.6. The number of benzene rings is 10. The van der Waals surface area contributed by atoms with Gasteiger partial charge in [0.2, 0.25) is 0 Å². The largest absolute Gasteiger partial charge is 0.454 e. The minimum Gasteiger partial charge on any atom is -0.454 e. The van der Waals surface area contributed by atoms with Gasteiger partial charge in [0.25, 0.3) is 0 Å². The van der Waals surface area contributed by atoms with Gasteiger partial charge < -0.3 is 18.5 Å². The molecule has 62 heavy (non-hydrogen) atoms. The molecule has 0 N–H and O–H groups in total. The molecule has 4 heteroatoms. The van der Waals surface area contributed by atoms with Crippen molar-refractivity contribution in [2.24, 2.45) is 0 Å². The summed E-state index contributed by atoms with van der Waals surface area (Å²) in [7, 11) is 0. The summed E-state index contributed by atoms with van der Waals surface area (Å²) in [6.45, 7) is 0. The van der Waals surface area contributed by atoms with Gasteiger partial charge in [0.05, 0.1) is 27.8 Å². The van der Waals surface area contributed by atoms with Gasteiger partial charge in [-0.15, -0.1) is 0 Å². The normalized spacial score (nSPS) is 11.9. The summed E-state index contributed by atoms with van der Waals surface area (Å²) in [5, 5.41) is 9.56. The highest BCUT2D eigenvalue weighted by Gasteiger charge is 2.21. The molecule has 0 amide bonds. The van der Waals surface area contributed by atoms with E-state index in [-0.39, 0.29) is 0 Å². The third kappa shape index (κ3) is 5.27. The fourth-order valence-corrected chi connectivity index (χ4v) is 9.84. The first-order valence-corrected chi connectivity index (χ1v) is 21.2. The highest BCUT2D eigenvalue weighted by Crippen LogP contribution is 2.44. The molecule has 0 saturated heterocycles. The average Bonchev–Trinajstić information content (AvgIpc) is 4.00. The molecule has 0 atom stereocenters. The molecular formula is C58H37N3O. The topological polar surface area (TPSA) is 26.2 Å². The smallest absolute Gasteiger partial charge is 0.159 e. The van der Waals surface area contributed by atoms with Crippen molar-refractivity contribution in [3.8, 4) is 22.5 Å². The zero-order chi connectivity index (χ0) is 40.7. The van der Waals surface area contributed by atoms with E-state index in [2.05, 4.69) is 232 Å². The molecule has 3 aromatic heterocycles. The van der Waals surface area contributed by atoms with Gasteiger partial charge in [-0.25, -0.2) is 0 Å². The number of aromatic nitrogens is 2. The number of para-hydroxylation sites is 6. The van der Waals surface area contributed by atoms with Crippen molar-refractivity contribution in [1.29, 1.82) is 0 Å². The monoisotopic (exact) mass is 791 g/mol. The summed E-state index contributed by atoms with van der Waals surface area (Å²) < 4.78 is 11.4. The fraction of sp³-hybridized carbons (Fsp3) is 0. The second-order valence-corrected chi connectivity index (χ2v) is 16.1. The van der Waals surface area contributed by atoms with Gasteiger partial charge in [0.15, 0.2) is 5.58 Å². The molecule has 290 valence electrons. The lowest BCUT2D eigenvalue weighted by Gasteiger charge is -2.26. The van der Waals surface area contributed by atoms with Crippen molar-refractivity contribution in [2.75, 3.05) is 4.90 Å². The molecule has 0 aliphatic heterocycles. The van der Waals surface area contributed by atoms with Crippen LogP contribution in [0.1, 0.15) is 0 Å². The van der Waals surface area contributed by atoms with E-state index in [0.29, 0.717) is 0 Å². The van der Waals surface area contributed by atoms with Gasteiger partial charge in [0, 0.05) is 55.1 Å². The SMILES string of the molecule is c1ccc(-n2c3ccccc3c3ccc(-c4ccc(N(c5ccc6cc(-n7c8ccccc8c8ccccc87)ccc6c5)c5cccc6c5oc5ccccc56)cc4)cc32)cc1. The van der Waals surface area contributed by atoms with Crippen molar-refractivity contribution < 1.29 is 4.42 Å². The average molecular weight is 792 g/mol. The Morgan fingerprint density at radius 1 is 0.323 bits per heavy atom. The molecule has 0 spiro atoms. The van der Waals surface area contributed by atoms with Gasteiger partial charge >= 0.3 is 0 Å². The predicted molar refractivity (Wildman–Crippen MR) is 260 cm³/mol. The highest BCUT2D eigenvalue weighted by molar-refractivity contribution is 6.12. The third-order valence-electron chi connectivity index (χ3n) is 12.7. The Morgan fingerprint density at radius 3 is 1.60 bits per heavy atom. The molecule has 0 aliphatic rings. The lowest BCUT2D eigenvalue weighted by Crippen LogP contribution is -2.10. The van der Waals surface area contributed by atoms with E-state index in [9.17, 15) is 0 Å². The Balaban J connectivity index is 0.949. The summed E-state index contributed by atoms with van der Waals surface area (Å²) in [4.78, 5) is 2.34. The Labute approximate surface area is 357 Å². The molecule has 0 radical (unpaired) electrons. The zero-order valence-electron chi connectivity index (χ0n) is 33.6. The van der Waals surface area contributed by atoms with Gasteiger partial charge in [-0.05, 0) is 107 Å². The molecular weight excluding hydrogens is 755 g/mol. The van der Waals surface area contributed by atoms with Crippen LogP contribution < -0.4 is 4.90 Å². The summed E-state index contributed by atoms with van der Waals surface area (Å²) >= 11 is 0. The minimum absolute atomic E-state index is 0.860. The van der Waals surface area contributed by atoms with Crippen LogP contribution >= 0.6 is 0 Å². The first kappa shape index (κ1) is 34.5. The van der Waals surface area contributed by atoms with Crippen LogP contribution in [0.3, 0.4) is 0 Å². The van der Waals surface area contributed by atoms with Crippen LogP contribution in [-0.2, 0) is 0 Å². The van der Waals surface area contributed by atoms with Crippen molar-refractivity contribution in [2.45, 2.75) is 0 Å². The molecule has 0 fully saturated rings. The van der Waals surface area contributed by atoms with Crippen LogP contribution in [0, 0.1) is 0 Å². The quantitative estimate of drug-likeness (QED) is 0.168. The second-order valence-electron chi connectivity index (χ2n) is 16.1. The van der Waals surface area contributed by atoms with Crippen LogP contribution in [0.5, 0.6) is 0 Å². The van der Waals surface area contributed by atoms with Crippen LogP contribution in [0.4, 0.5) is 17.1 Å². The number of fused-ring (bicyclic) bond motifs is 10. The van der Waals surface area contributed by atoms with E-state index in [1.807, 2.05) is 6.07 Å². The molecule has 0 saturated carbocycles. The number of rotatable bonds is 6. The van der Waals surface area contributed by atoms with Crippen LogP contribution in [0.25, 0.3) is 98.8 Å².